The lowest BCUT2D eigenvalue weighted by Gasteiger charge is -2.34. The van der Waals surface area contributed by atoms with Crippen LogP contribution in [0.3, 0.4) is 0 Å². The summed E-state index contributed by atoms with van der Waals surface area (Å²) in [6, 6.07) is 35.2. The molecule has 0 bridgehead atoms. The van der Waals surface area contributed by atoms with Crippen molar-refractivity contribution >= 4 is 35.1 Å². The van der Waals surface area contributed by atoms with Crippen LogP contribution in [0.5, 0.6) is 0 Å². The predicted octanol–water partition coefficient (Wildman–Crippen LogP) is 6.21. The van der Waals surface area contributed by atoms with E-state index in [0.29, 0.717) is 11.9 Å². The van der Waals surface area contributed by atoms with Crippen molar-refractivity contribution in [2.24, 2.45) is 21.5 Å². The molecule has 2 saturated heterocycles. The molecule has 4 aromatic rings. The van der Waals surface area contributed by atoms with E-state index in [1.165, 1.54) is 10.5 Å². The van der Waals surface area contributed by atoms with Gasteiger partial charge in [-0.2, -0.15) is 0 Å². The second-order valence-corrected chi connectivity index (χ2v) is 12.7. The number of hydrogen-bond donors (Lipinski definition) is 2. The highest BCUT2D eigenvalue weighted by Crippen LogP contribution is 2.34. The van der Waals surface area contributed by atoms with Gasteiger partial charge in [-0.05, 0) is 55.2 Å². The summed E-state index contributed by atoms with van der Waals surface area (Å²) in [4.78, 5) is 19.8. The first-order valence-corrected chi connectivity index (χ1v) is 17.6. The SMILES string of the molecule is CCN1CCN(C(N)=Nc2ccccc2-c2ccccc2)CC1.CSc1ccc(N=C(N)N2CCN(C)CC2)c(-c2ccccc2)c1. The highest BCUT2D eigenvalue weighted by Gasteiger charge is 2.18. The van der Waals surface area contributed by atoms with E-state index in [1.807, 2.05) is 42.5 Å². The van der Waals surface area contributed by atoms with Gasteiger partial charge in [0.05, 0.1) is 11.4 Å². The van der Waals surface area contributed by atoms with Gasteiger partial charge in [-0.1, -0.05) is 85.8 Å². The largest absolute Gasteiger partial charge is 0.369 e. The molecular formula is C38H48N8S. The van der Waals surface area contributed by atoms with Crippen molar-refractivity contribution in [2.45, 2.75) is 11.8 Å². The summed E-state index contributed by atoms with van der Waals surface area (Å²) in [7, 11) is 2.14. The zero-order valence-corrected chi connectivity index (χ0v) is 28.7. The third kappa shape index (κ3) is 9.38. The van der Waals surface area contributed by atoms with Crippen LogP contribution in [0.4, 0.5) is 11.4 Å². The normalized spacial score (nSPS) is 16.5. The zero-order valence-electron chi connectivity index (χ0n) is 27.9. The number of nitrogens with two attached hydrogens (primary N) is 2. The van der Waals surface area contributed by atoms with E-state index in [2.05, 4.69) is 100 Å². The van der Waals surface area contributed by atoms with Gasteiger partial charge in [0.25, 0.3) is 0 Å². The third-order valence-electron chi connectivity index (χ3n) is 8.72. The van der Waals surface area contributed by atoms with Gasteiger partial charge in [0, 0.05) is 68.4 Å². The number of likely N-dealkylation sites (N-methyl/N-ethyl adjacent to an activating group) is 2. The molecule has 0 saturated carbocycles. The second-order valence-electron chi connectivity index (χ2n) is 11.8. The number of thioether (sulfide) groups is 1. The van der Waals surface area contributed by atoms with Crippen LogP contribution in [0.25, 0.3) is 22.3 Å². The fraction of sp³-hybridized carbons (Fsp3) is 0.316. The Bertz CT molecular complexity index is 1610. The van der Waals surface area contributed by atoms with Gasteiger partial charge in [-0.3, -0.25) is 0 Å². The molecule has 0 atom stereocenters. The van der Waals surface area contributed by atoms with Crippen LogP contribution >= 0.6 is 11.8 Å². The summed E-state index contributed by atoms with van der Waals surface area (Å²) < 4.78 is 0. The minimum absolute atomic E-state index is 0.609. The lowest BCUT2D eigenvalue weighted by molar-refractivity contribution is 0.189. The Labute approximate surface area is 284 Å². The molecule has 246 valence electrons. The molecule has 9 heteroatoms. The van der Waals surface area contributed by atoms with Crippen LogP contribution in [-0.2, 0) is 0 Å². The van der Waals surface area contributed by atoms with Gasteiger partial charge in [0.1, 0.15) is 0 Å². The number of nitrogens with zero attached hydrogens (tertiary/aromatic N) is 6. The minimum Gasteiger partial charge on any atom is -0.369 e. The predicted molar refractivity (Wildman–Crippen MR) is 201 cm³/mol. The number of benzene rings is 4. The number of rotatable bonds is 6. The van der Waals surface area contributed by atoms with Crippen LogP contribution in [0, 0.1) is 0 Å². The topological polar surface area (TPSA) is 89.7 Å². The maximum absolute atomic E-state index is 6.30. The molecule has 8 nitrogen and oxygen atoms in total. The van der Waals surface area contributed by atoms with Crippen LogP contribution in [0.1, 0.15) is 6.92 Å². The Kier molecular flexibility index (Phi) is 12.3. The first kappa shape index (κ1) is 34.0. The number of para-hydroxylation sites is 1. The Balaban J connectivity index is 0.000000185. The molecule has 2 heterocycles. The monoisotopic (exact) mass is 648 g/mol. The summed E-state index contributed by atoms with van der Waals surface area (Å²) >= 11 is 1.74. The highest BCUT2D eigenvalue weighted by molar-refractivity contribution is 7.98. The molecule has 2 fully saturated rings. The molecule has 47 heavy (non-hydrogen) atoms. The maximum atomic E-state index is 6.30. The van der Waals surface area contributed by atoms with Gasteiger partial charge in [-0.15, -0.1) is 11.8 Å². The second kappa shape index (κ2) is 17.0. The zero-order chi connectivity index (χ0) is 33.0. The number of piperazine rings is 2. The van der Waals surface area contributed by atoms with Crippen molar-refractivity contribution in [3.8, 4) is 22.3 Å². The van der Waals surface area contributed by atoms with Gasteiger partial charge < -0.3 is 31.1 Å². The number of guanidine groups is 2. The Morgan fingerprint density at radius 1 is 0.617 bits per heavy atom. The molecule has 0 aliphatic carbocycles. The summed E-state index contributed by atoms with van der Waals surface area (Å²) in [5, 5.41) is 0. The van der Waals surface area contributed by atoms with Crippen LogP contribution in [-0.4, -0.2) is 104 Å². The highest BCUT2D eigenvalue weighted by atomic mass is 32.2. The molecule has 2 aliphatic rings. The molecule has 0 aromatic heterocycles. The molecule has 6 rings (SSSR count). The summed E-state index contributed by atoms with van der Waals surface area (Å²) in [6.45, 7) is 11.2. The van der Waals surface area contributed by atoms with Crippen molar-refractivity contribution in [1.82, 2.24) is 19.6 Å². The molecule has 4 N–H and O–H groups in total. The average Bonchev–Trinajstić information content (AvgIpc) is 3.13. The van der Waals surface area contributed by atoms with Crippen molar-refractivity contribution in [3.63, 3.8) is 0 Å². The van der Waals surface area contributed by atoms with E-state index < -0.39 is 0 Å². The number of hydrogen-bond acceptors (Lipinski definition) is 5. The van der Waals surface area contributed by atoms with Crippen molar-refractivity contribution in [1.29, 1.82) is 0 Å². The maximum Gasteiger partial charge on any atom is 0.196 e. The minimum atomic E-state index is 0.609. The van der Waals surface area contributed by atoms with Gasteiger partial charge >= 0.3 is 0 Å². The molecule has 0 amide bonds. The van der Waals surface area contributed by atoms with Crippen LogP contribution in [0.15, 0.2) is 118 Å². The molecule has 0 spiro atoms. The summed E-state index contributed by atoms with van der Waals surface area (Å²) in [5.41, 5.74) is 19.0. The van der Waals surface area contributed by atoms with Crippen LogP contribution in [0.2, 0.25) is 0 Å². The van der Waals surface area contributed by atoms with Gasteiger partial charge in [-0.25, -0.2) is 9.98 Å². The Morgan fingerprint density at radius 2 is 1.11 bits per heavy atom. The average molecular weight is 649 g/mol. The lowest BCUT2D eigenvalue weighted by Crippen LogP contribution is -2.50. The van der Waals surface area contributed by atoms with E-state index in [9.17, 15) is 0 Å². The smallest absolute Gasteiger partial charge is 0.196 e. The molecule has 0 unspecified atom stereocenters. The Morgan fingerprint density at radius 3 is 1.66 bits per heavy atom. The Hall–Kier alpha value is -4.31. The van der Waals surface area contributed by atoms with Crippen LogP contribution < -0.4 is 11.5 Å². The standard InChI is InChI=1S/C19H24N4S.C19H24N4/c1-22-10-12-23(13-11-22)19(20)21-18-9-8-16(24-2)14-17(18)15-6-4-3-5-7-15;1-2-22-12-14-23(15-13-22)19(20)21-18-11-7-6-10-17(18)16-8-4-3-5-9-16/h3-9,14H,10-13H2,1-2H3,(H2,20,21);3-11H,2,12-15H2,1H3,(H2,20,21). The van der Waals surface area contributed by atoms with E-state index >= 15 is 0 Å². The van der Waals surface area contributed by atoms with Gasteiger partial charge in [0.15, 0.2) is 11.9 Å². The van der Waals surface area contributed by atoms with E-state index in [4.69, 9.17) is 21.5 Å². The first-order valence-electron chi connectivity index (χ1n) is 16.4. The van der Waals surface area contributed by atoms with Crippen molar-refractivity contribution < 1.29 is 0 Å². The van der Waals surface area contributed by atoms with E-state index in [0.717, 1.165) is 87.0 Å². The third-order valence-corrected chi connectivity index (χ3v) is 9.44. The molecular weight excluding hydrogens is 601 g/mol. The van der Waals surface area contributed by atoms with E-state index in [-0.39, 0.29) is 0 Å². The molecule has 2 aliphatic heterocycles. The molecule has 4 aromatic carbocycles. The van der Waals surface area contributed by atoms with Gasteiger partial charge in [0.2, 0.25) is 0 Å². The van der Waals surface area contributed by atoms with E-state index in [1.54, 1.807) is 11.8 Å². The summed E-state index contributed by atoms with van der Waals surface area (Å²) in [5.74, 6) is 1.22. The molecule has 0 radical (unpaired) electrons. The van der Waals surface area contributed by atoms with Crippen molar-refractivity contribution in [3.05, 3.63) is 103 Å². The quantitative estimate of drug-likeness (QED) is 0.146. The number of aliphatic imine (C=N–C) groups is 2. The van der Waals surface area contributed by atoms with Crippen molar-refractivity contribution in [2.75, 3.05) is 72.2 Å². The fourth-order valence-corrected chi connectivity index (χ4v) is 6.18. The lowest BCUT2D eigenvalue weighted by atomic mass is 10.0. The fourth-order valence-electron chi connectivity index (χ4n) is 5.74. The summed E-state index contributed by atoms with van der Waals surface area (Å²) in [6.07, 6.45) is 2.09. The first-order chi connectivity index (χ1) is 22.9.